The highest BCUT2D eigenvalue weighted by Crippen LogP contribution is 2.46. The van der Waals surface area contributed by atoms with Crippen LogP contribution in [0.5, 0.6) is 5.75 Å². The average Bonchev–Trinajstić information content (AvgIpc) is 2.51. The number of hydrogen-bond donors (Lipinski definition) is 0. The molecule has 1 aliphatic rings. The molecule has 26 heavy (non-hydrogen) atoms. The van der Waals surface area contributed by atoms with Crippen LogP contribution in [0.15, 0.2) is 18.2 Å². The van der Waals surface area contributed by atoms with E-state index in [0.717, 1.165) is 4.90 Å². The van der Waals surface area contributed by atoms with Crippen LogP contribution in [0.3, 0.4) is 0 Å². The summed E-state index contributed by atoms with van der Waals surface area (Å²) in [6, 6.07) is 2.55. The number of fused-ring (bicyclic) bond motifs is 3. The monoisotopic (exact) mass is 398 g/mol. The van der Waals surface area contributed by atoms with Crippen LogP contribution in [-0.4, -0.2) is 30.4 Å². The van der Waals surface area contributed by atoms with E-state index in [1.165, 1.54) is 12.1 Å². The lowest BCUT2D eigenvalue weighted by molar-refractivity contribution is -0.136. The van der Waals surface area contributed by atoms with Crippen LogP contribution < -0.4 is 9.64 Å². The summed E-state index contributed by atoms with van der Waals surface area (Å²) in [5.74, 6) is -0.257. The van der Waals surface area contributed by atoms with Gasteiger partial charge in [-0.25, -0.2) is 4.98 Å². The number of ether oxygens (including phenoxy) is 1. The molecule has 0 bridgehead atoms. The summed E-state index contributed by atoms with van der Waals surface area (Å²) in [5, 5.41) is -0.750. The minimum Gasteiger partial charge on any atom is -0.489 e. The highest BCUT2D eigenvalue weighted by Gasteiger charge is 2.40. The van der Waals surface area contributed by atoms with Gasteiger partial charge in [0.15, 0.2) is 5.75 Å². The predicted molar refractivity (Wildman–Crippen MR) is 84.7 cm³/mol. The molecule has 0 aliphatic carbocycles. The van der Waals surface area contributed by atoms with Gasteiger partial charge in [-0.2, -0.15) is 26.3 Å². The smallest absolute Gasteiger partial charge is 0.417 e. The quantitative estimate of drug-likeness (QED) is 0.497. The highest BCUT2D eigenvalue weighted by molar-refractivity contribution is 6.30. The molecule has 1 aromatic heterocycles. The number of benzene rings is 1. The van der Waals surface area contributed by atoms with E-state index >= 15 is 0 Å². The van der Waals surface area contributed by atoms with Crippen molar-refractivity contribution in [2.24, 2.45) is 0 Å². The number of hydrogen-bond acceptors (Lipinski definition) is 3. The summed E-state index contributed by atoms with van der Waals surface area (Å²) in [6.45, 7) is 0.250. The van der Waals surface area contributed by atoms with Gasteiger partial charge in [-0.3, -0.25) is 0 Å². The number of rotatable bonds is 2. The molecule has 0 unspecified atom stereocenters. The van der Waals surface area contributed by atoms with Gasteiger partial charge < -0.3 is 9.64 Å². The molecular weight excluding hydrogens is 386 g/mol. The Bertz CT molecular complexity index is 836. The topological polar surface area (TPSA) is 25.4 Å². The van der Waals surface area contributed by atoms with Crippen LogP contribution in [0, 0.1) is 0 Å². The average molecular weight is 399 g/mol. The lowest BCUT2D eigenvalue weighted by atomic mass is 10.0. The maximum atomic E-state index is 13.4. The Morgan fingerprint density at radius 2 is 1.92 bits per heavy atom. The molecule has 0 saturated carbocycles. The third kappa shape index (κ3) is 3.49. The molecule has 2 heterocycles. The molecule has 142 valence electrons. The van der Waals surface area contributed by atoms with Crippen LogP contribution >= 0.6 is 11.6 Å². The second-order valence-electron chi connectivity index (χ2n) is 5.91. The third-order valence-corrected chi connectivity index (χ3v) is 4.37. The van der Waals surface area contributed by atoms with Crippen molar-refractivity contribution in [2.75, 3.05) is 18.1 Å². The lowest BCUT2D eigenvalue weighted by Crippen LogP contribution is -2.47. The predicted octanol–water partition coefficient (Wildman–Crippen LogP) is 5.45. The Morgan fingerprint density at radius 1 is 1.23 bits per heavy atom. The van der Waals surface area contributed by atoms with E-state index in [0.29, 0.717) is 12.5 Å². The summed E-state index contributed by atoms with van der Waals surface area (Å²) in [4.78, 5) is 4.88. The van der Waals surface area contributed by atoms with E-state index in [-0.39, 0.29) is 34.1 Å². The standard InChI is InChI=1S/C16H13ClF6N2O/c1-2-8-6-26-14-11(25(8)7-15(18,19)20)4-3-10-13(14)9(16(21,22)23)5-12(17)24-10/h3-5,8H,2,6-7H2,1H3/t8-/m1/s1. The van der Waals surface area contributed by atoms with Crippen LogP contribution in [0.25, 0.3) is 10.9 Å². The molecule has 10 heteroatoms. The van der Waals surface area contributed by atoms with Gasteiger partial charge in [-0.15, -0.1) is 0 Å². The molecule has 0 spiro atoms. The van der Waals surface area contributed by atoms with E-state index in [4.69, 9.17) is 16.3 Å². The number of nitrogens with zero attached hydrogens (tertiary/aromatic N) is 2. The molecule has 1 atom stereocenters. The van der Waals surface area contributed by atoms with E-state index in [1.807, 2.05) is 0 Å². The molecule has 0 fully saturated rings. The fourth-order valence-corrected chi connectivity index (χ4v) is 3.26. The first kappa shape index (κ1) is 18.9. The maximum absolute atomic E-state index is 13.4. The normalized spacial score (nSPS) is 18.0. The second kappa shape index (κ2) is 6.37. The maximum Gasteiger partial charge on any atom is 0.417 e. The van der Waals surface area contributed by atoms with Gasteiger partial charge in [0.05, 0.1) is 28.2 Å². The van der Waals surface area contributed by atoms with Crippen LogP contribution in [0.4, 0.5) is 32.0 Å². The molecule has 2 aromatic rings. The van der Waals surface area contributed by atoms with Gasteiger partial charge in [-0.05, 0) is 24.6 Å². The Balaban J connectivity index is 2.26. The zero-order valence-electron chi connectivity index (χ0n) is 13.4. The molecule has 1 aliphatic heterocycles. The molecule has 3 nitrogen and oxygen atoms in total. The fourth-order valence-electron chi connectivity index (χ4n) is 3.06. The Kier molecular flexibility index (Phi) is 4.62. The van der Waals surface area contributed by atoms with Gasteiger partial charge in [0.1, 0.15) is 18.3 Å². The van der Waals surface area contributed by atoms with E-state index in [9.17, 15) is 26.3 Å². The van der Waals surface area contributed by atoms with Gasteiger partial charge in [0.25, 0.3) is 0 Å². The number of alkyl halides is 6. The summed E-state index contributed by atoms with van der Waals surface area (Å²) in [6.07, 6.45) is -8.93. The Labute approximate surface area is 149 Å². The number of anilines is 1. The van der Waals surface area contributed by atoms with Gasteiger partial charge in [0, 0.05) is 0 Å². The lowest BCUT2D eigenvalue weighted by Gasteiger charge is -2.39. The first-order valence-electron chi connectivity index (χ1n) is 7.68. The molecular formula is C16H13ClF6N2O. The van der Waals surface area contributed by atoms with Crippen molar-refractivity contribution in [3.63, 3.8) is 0 Å². The summed E-state index contributed by atoms with van der Waals surface area (Å²) >= 11 is 5.66. The summed E-state index contributed by atoms with van der Waals surface area (Å²) in [5.41, 5.74) is -1.22. The molecule has 1 aromatic carbocycles. The molecule has 0 N–H and O–H groups in total. The van der Waals surface area contributed by atoms with E-state index in [1.54, 1.807) is 6.92 Å². The Morgan fingerprint density at radius 3 is 2.50 bits per heavy atom. The van der Waals surface area contributed by atoms with Crippen LogP contribution in [0.2, 0.25) is 5.15 Å². The van der Waals surface area contributed by atoms with Gasteiger partial charge in [-0.1, -0.05) is 18.5 Å². The minimum absolute atomic E-state index is 0.0393. The first-order valence-corrected chi connectivity index (χ1v) is 8.05. The molecule has 3 rings (SSSR count). The summed E-state index contributed by atoms with van der Waals surface area (Å²) < 4.78 is 84.8. The largest absolute Gasteiger partial charge is 0.489 e. The second-order valence-corrected chi connectivity index (χ2v) is 6.30. The van der Waals surface area contributed by atoms with Gasteiger partial charge >= 0.3 is 12.4 Å². The first-order chi connectivity index (χ1) is 12.0. The van der Waals surface area contributed by atoms with Crippen LogP contribution in [-0.2, 0) is 6.18 Å². The van der Waals surface area contributed by atoms with E-state index in [2.05, 4.69) is 4.98 Å². The van der Waals surface area contributed by atoms with Crippen molar-refractivity contribution < 1.29 is 31.1 Å². The third-order valence-electron chi connectivity index (χ3n) is 4.17. The number of halogens is 7. The van der Waals surface area contributed by atoms with Crippen molar-refractivity contribution >= 4 is 28.2 Å². The zero-order valence-corrected chi connectivity index (χ0v) is 14.1. The van der Waals surface area contributed by atoms with Crippen LogP contribution in [0.1, 0.15) is 18.9 Å². The van der Waals surface area contributed by atoms with Crippen molar-refractivity contribution in [1.82, 2.24) is 4.98 Å². The van der Waals surface area contributed by atoms with Crippen molar-refractivity contribution in [3.8, 4) is 5.75 Å². The summed E-state index contributed by atoms with van der Waals surface area (Å²) in [7, 11) is 0. The highest BCUT2D eigenvalue weighted by atomic mass is 35.5. The molecule has 0 amide bonds. The zero-order chi connectivity index (χ0) is 19.3. The Hall–Kier alpha value is -1.90. The molecule has 0 saturated heterocycles. The number of aromatic nitrogens is 1. The minimum atomic E-state index is -4.76. The fraction of sp³-hybridized carbons (Fsp3) is 0.438. The van der Waals surface area contributed by atoms with Crippen molar-refractivity contribution in [2.45, 2.75) is 31.7 Å². The van der Waals surface area contributed by atoms with Crippen molar-refractivity contribution in [1.29, 1.82) is 0 Å². The SMILES string of the molecule is CC[C@@H]1COc2c(ccc3nc(Cl)cc(C(F)(F)F)c23)N1CC(F)(F)F. The van der Waals surface area contributed by atoms with E-state index < -0.39 is 30.5 Å². The van der Waals surface area contributed by atoms with Crippen molar-refractivity contribution in [3.05, 3.63) is 28.9 Å². The number of pyridine rings is 1. The van der Waals surface area contributed by atoms with Gasteiger partial charge in [0.2, 0.25) is 0 Å². The molecule has 0 radical (unpaired) electrons.